The summed E-state index contributed by atoms with van der Waals surface area (Å²) in [5.41, 5.74) is 0.660. The van der Waals surface area contributed by atoms with Crippen molar-refractivity contribution in [3.05, 3.63) is 34.3 Å². The standard InChI is InChI=1S/C16H23BrN2O2/c1-12(2)10-19-7-8-21-13(11-19)9-18-16(20)14-5-3-4-6-15(14)17/h3-6,12-13H,7-11H2,1-2H3,(H,18,20). The van der Waals surface area contributed by atoms with Gasteiger partial charge in [0.05, 0.1) is 18.3 Å². The summed E-state index contributed by atoms with van der Waals surface area (Å²) in [6, 6.07) is 7.44. The Morgan fingerprint density at radius 3 is 2.95 bits per heavy atom. The van der Waals surface area contributed by atoms with Gasteiger partial charge in [0.15, 0.2) is 0 Å². The maximum absolute atomic E-state index is 12.2. The van der Waals surface area contributed by atoms with E-state index in [0.717, 1.165) is 30.7 Å². The van der Waals surface area contributed by atoms with Crippen LogP contribution >= 0.6 is 15.9 Å². The molecule has 0 bridgehead atoms. The molecule has 0 radical (unpaired) electrons. The molecule has 0 aliphatic carbocycles. The third-order valence-electron chi connectivity index (χ3n) is 3.46. The van der Waals surface area contributed by atoms with Gasteiger partial charge in [-0.25, -0.2) is 0 Å². The summed E-state index contributed by atoms with van der Waals surface area (Å²) in [4.78, 5) is 14.6. The number of benzene rings is 1. The fourth-order valence-electron chi connectivity index (χ4n) is 2.53. The zero-order chi connectivity index (χ0) is 15.2. The number of hydrogen-bond acceptors (Lipinski definition) is 3. The van der Waals surface area contributed by atoms with Gasteiger partial charge in [-0.3, -0.25) is 9.69 Å². The summed E-state index contributed by atoms with van der Waals surface area (Å²) in [5, 5.41) is 2.96. The molecule has 4 nitrogen and oxygen atoms in total. The van der Waals surface area contributed by atoms with Gasteiger partial charge in [-0.1, -0.05) is 26.0 Å². The summed E-state index contributed by atoms with van der Waals surface area (Å²) in [5.74, 6) is 0.589. The number of halogens is 1. The number of carbonyl (C=O) groups excluding carboxylic acids is 1. The van der Waals surface area contributed by atoms with Crippen LogP contribution in [0, 0.1) is 5.92 Å². The van der Waals surface area contributed by atoms with E-state index in [1.807, 2.05) is 24.3 Å². The van der Waals surface area contributed by atoms with E-state index in [1.165, 1.54) is 0 Å². The minimum absolute atomic E-state index is 0.0629. The van der Waals surface area contributed by atoms with Crippen molar-refractivity contribution in [2.45, 2.75) is 20.0 Å². The number of nitrogens with zero attached hydrogens (tertiary/aromatic N) is 1. The Bertz CT molecular complexity index is 479. The highest BCUT2D eigenvalue weighted by Gasteiger charge is 2.21. The van der Waals surface area contributed by atoms with Crippen LogP contribution in [0.5, 0.6) is 0 Å². The summed E-state index contributed by atoms with van der Waals surface area (Å²) in [6.45, 7) is 8.68. The normalized spacial score (nSPS) is 19.7. The van der Waals surface area contributed by atoms with E-state index in [-0.39, 0.29) is 12.0 Å². The minimum Gasteiger partial charge on any atom is -0.374 e. The molecule has 1 aromatic carbocycles. The maximum Gasteiger partial charge on any atom is 0.252 e. The number of morpholine rings is 1. The lowest BCUT2D eigenvalue weighted by atomic mass is 10.1. The minimum atomic E-state index is -0.0629. The van der Waals surface area contributed by atoms with Gasteiger partial charge in [-0.15, -0.1) is 0 Å². The second kappa shape index (κ2) is 7.92. The van der Waals surface area contributed by atoms with Gasteiger partial charge in [0, 0.05) is 30.7 Å². The van der Waals surface area contributed by atoms with Crippen molar-refractivity contribution in [3.8, 4) is 0 Å². The highest BCUT2D eigenvalue weighted by atomic mass is 79.9. The molecule has 1 heterocycles. The van der Waals surface area contributed by atoms with Crippen LogP contribution in [0.2, 0.25) is 0 Å². The summed E-state index contributed by atoms with van der Waals surface area (Å²) in [7, 11) is 0. The number of amides is 1. The van der Waals surface area contributed by atoms with Gasteiger partial charge in [0.2, 0.25) is 0 Å². The fraction of sp³-hybridized carbons (Fsp3) is 0.562. The summed E-state index contributed by atoms with van der Waals surface area (Å²) < 4.78 is 6.55. The summed E-state index contributed by atoms with van der Waals surface area (Å²) in [6.07, 6.45) is 0.0731. The van der Waals surface area contributed by atoms with E-state index in [1.54, 1.807) is 0 Å². The summed E-state index contributed by atoms with van der Waals surface area (Å²) >= 11 is 3.40. The first-order chi connectivity index (χ1) is 10.1. The molecule has 1 aliphatic heterocycles. The molecular weight excluding hydrogens is 332 g/mol. The van der Waals surface area contributed by atoms with Gasteiger partial charge in [0.25, 0.3) is 5.91 Å². The number of nitrogens with one attached hydrogen (secondary N) is 1. The first-order valence-electron chi connectivity index (χ1n) is 7.43. The predicted molar refractivity (Wildman–Crippen MR) is 87.5 cm³/mol. The lowest BCUT2D eigenvalue weighted by molar-refractivity contribution is -0.0295. The molecular formula is C16H23BrN2O2. The zero-order valence-corrected chi connectivity index (χ0v) is 14.2. The highest BCUT2D eigenvalue weighted by Crippen LogP contribution is 2.15. The average Bonchev–Trinajstić information content (AvgIpc) is 2.45. The van der Waals surface area contributed by atoms with Gasteiger partial charge >= 0.3 is 0 Å². The second-order valence-corrected chi connectivity index (χ2v) is 6.69. The molecule has 2 rings (SSSR count). The van der Waals surface area contributed by atoms with Crippen LogP contribution in [-0.2, 0) is 4.74 Å². The molecule has 1 aromatic rings. The van der Waals surface area contributed by atoms with Crippen molar-refractivity contribution in [1.29, 1.82) is 0 Å². The third kappa shape index (κ3) is 5.09. The van der Waals surface area contributed by atoms with E-state index in [4.69, 9.17) is 4.74 Å². The average molecular weight is 355 g/mol. The number of hydrogen-bond donors (Lipinski definition) is 1. The van der Waals surface area contributed by atoms with E-state index in [2.05, 4.69) is 40.0 Å². The molecule has 1 unspecified atom stereocenters. The molecule has 1 saturated heterocycles. The Hall–Kier alpha value is -0.910. The largest absolute Gasteiger partial charge is 0.374 e. The van der Waals surface area contributed by atoms with Crippen molar-refractivity contribution < 1.29 is 9.53 Å². The van der Waals surface area contributed by atoms with Crippen LogP contribution in [0.4, 0.5) is 0 Å². The smallest absolute Gasteiger partial charge is 0.252 e. The van der Waals surface area contributed by atoms with Crippen molar-refractivity contribution in [3.63, 3.8) is 0 Å². The molecule has 1 amide bonds. The van der Waals surface area contributed by atoms with Crippen molar-refractivity contribution >= 4 is 21.8 Å². The van der Waals surface area contributed by atoms with Gasteiger partial charge in [0.1, 0.15) is 0 Å². The Labute approximate surface area is 135 Å². The van der Waals surface area contributed by atoms with Crippen LogP contribution in [0.15, 0.2) is 28.7 Å². The van der Waals surface area contributed by atoms with Crippen molar-refractivity contribution in [1.82, 2.24) is 10.2 Å². The monoisotopic (exact) mass is 354 g/mol. The molecule has 1 aliphatic rings. The maximum atomic E-state index is 12.2. The van der Waals surface area contributed by atoms with Crippen LogP contribution in [0.3, 0.4) is 0 Å². The van der Waals surface area contributed by atoms with Crippen LogP contribution < -0.4 is 5.32 Å². The van der Waals surface area contributed by atoms with Crippen molar-refractivity contribution in [2.24, 2.45) is 5.92 Å². The first kappa shape index (κ1) is 16.5. The Kier molecular flexibility index (Phi) is 6.21. The molecule has 0 spiro atoms. The predicted octanol–water partition coefficient (Wildman–Crippen LogP) is 2.54. The van der Waals surface area contributed by atoms with E-state index >= 15 is 0 Å². The first-order valence-corrected chi connectivity index (χ1v) is 8.22. The zero-order valence-electron chi connectivity index (χ0n) is 12.6. The molecule has 116 valence electrons. The highest BCUT2D eigenvalue weighted by molar-refractivity contribution is 9.10. The van der Waals surface area contributed by atoms with E-state index in [0.29, 0.717) is 18.0 Å². The van der Waals surface area contributed by atoms with Gasteiger partial charge in [-0.05, 0) is 34.0 Å². The molecule has 5 heteroatoms. The quantitative estimate of drug-likeness (QED) is 0.883. The molecule has 21 heavy (non-hydrogen) atoms. The molecule has 1 fully saturated rings. The topological polar surface area (TPSA) is 41.6 Å². The van der Waals surface area contributed by atoms with Crippen LogP contribution in [-0.4, -0.2) is 49.7 Å². The number of carbonyl (C=O) groups is 1. The molecule has 1 N–H and O–H groups in total. The molecule has 1 atom stereocenters. The Morgan fingerprint density at radius 1 is 1.48 bits per heavy atom. The Balaban J connectivity index is 1.82. The Morgan fingerprint density at radius 2 is 2.24 bits per heavy atom. The fourth-order valence-corrected chi connectivity index (χ4v) is 3.00. The lowest BCUT2D eigenvalue weighted by Crippen LogP contribution is -2.48. The lowest BCUT2D eigenvalue weighted by Gasteiger charge is -2.34. The van der Waals surface area contributed by atoms with Gasteiger partial charge < -0.3 is 10.1 Å². The second-order valence-electron chi connectivity index (χ2n) is 5.84. The van der Waals surface area contributed by atoms with E-state index in [9.17, 15) is 4.79 Å². The van der Waals surface area contributed by atoms with Crippen molar-refractivity contribution in [2.75, 3.05) is 32.8 Å². The van der Waals surface area contributed by atoms with Crippen LogP contribution in [0.1, 0.15) is 24.2 Å². The van der Waals surface area contributed by atoms with Gasteiger partial charge in [-0.2, -0.15) is 0 Å². The van der Waals surface area contributed by atoms with E-state index < -0.39 is 0 Å². The SMILES string of the molecule is CC(C)CN1CCOC(CNC(=O)c2ccccc2Br)C1. The van der Waals surface area contributed by atoms with Crippen LogP contribution in [0.25, 0.3) is 0 Å². The number of ether oxygens (including phenoxy) is 1. The third-order valence-corrected chi connectivity index (χ3v) is 4.15. The number of rotatable bonds is 5. The molecule has 0 aromatic heterocycles. The molecule has 0 saturated carbocycles.